The van der Waals surface area contributed by atoms with Crippen molar-refractivity contribution in [3.8, 4) is 5.75 Å². The smallest absolute Gasteiger partial charge is 0.248 e. The van der Waals surface area contributed by atoms with Gasteiger partial charge in [0, 0.05) is 56.1 Å². The van der Waals surface area contributed by atoms with E-state index in [9.17, 15) is 9.59 Å². The van der Waals surface area contributed by atoms with Gasteiger partial charge in [0.15, 0.2) is 0 Å². The van der Waals surface area contributed by atoms with E-state index in [0.717, 1.165) is 75.4 Å². The van der Waals surface area contributed by atoms with Gasteiger partial charge >= 0.3 is 0 Å². The molecule has 1 aliphatic heterocycles. The number of fused-ring (bicyclic) bond motifs is 1. The molecule has 7 heteroatoms. The van der Waals surface area contributed by atoms with Crippen molar-refractivity contribution in [1.29, 1.82) is 0 Å². The van der Waals surface area contributed by atoms with E-state index in [1.54, 1.807) is 6.07 Å². The molecule has 2 aliphatic rings. The number of amides is 1. The fraction of sp³-hybridized carbons (Fsp3) is 0.655. The number of hydrogen-bond donors (Lipinski definition) is 1. The Labute approximate surface area is 215 Å². The van der Waals surface area contributed by atoms with E-state index in [1.807, 2.05) is 18.2 Å². The Balaban J connectivity index is 1.23. The first-order valence-corrected chi connectivity index (χ1v) is 14.0. The van der Waals surface area contributed by atoms with Gasteiger partial charge in [0.05, 0.1) is 19.8 Å². The van der Waals surface area contributed by atoms with Gasteiger partial charge in [-0.05, 0) is 55.9 Å². The molecule has 1 aromatic carbocycles. The number of pyridine rings is 1. The molecule has 1 aliphatic carbocycles. The molecule has 36 heavy (non-hydrogen) atoms. The summed E-state index contributed by atoms with van der Waals surface area (Å²) in [5.41, 5.74) is 0.705. The minimum atomic E-state index is -0.102. The summed E-state index contributed by atoms with van der Waals surface area (Å²) in [5, 5.41) is 0.951. The van der Waals surface area contributed by atoms with Gasteiger partial charge in [-0.1, -0.05) is 32.1 Å². The summed E-state index contributed by atoms with van der Waals surface area (Å²) >= 11 is 0. The lowest BCUT2D eigenvalue weighted by atomic mass is 9.90. The number of ether oxygens (including phenoxy) is 2. The second kappa shape index (κ2) is 14.4. The first kappa shape index (κ1) is 26.7. The third kappa shape index (κ3) is 8.63. The number of unbranched alkanes of at least 4 members (excludes halogenated alkanes) is 1. The number of aromatic nitrogens is 1. The number of aromatic amines is 1. The highest BCUT2D eigenvalue weighted by Crippen LogP contribution is 2.24. The zero-order valence-corrected chi connectivity index (χ0v) is 21.7. The van der Waals surface area contributed by atoms with Crippen molar-refractivity contribution in [2.45, 2.75) is 64.2 Å². The number of carbonyl (C=O) groups is 1. The van der Waals surface area contributed by atoms with Gasteiger partial charge in [0.2, 0.25) is 11.5 Å². The third-order valence-electron chi connectivity index (χ3n) is 7.59. The normalized spacial score (nSPS) is 18.0. The van der Waals surface area contributed by atoms with Gasteiger partial charge in [-0.25, -0.2) is 0 Å². The first-order valence-electron chi connectivity index (χ1n) is 14.0. The van der Waals surface area contributed by atoms with Gasteiger partial charge < -0.3 is 19.4 Å². The van der Waals surface area contributed by atoms with Crippen molar-refractivity contribution >= 4 is 16.8 Å². The van der Waals surface area contributed by atoms with E-state index in [4.69, 9.17) is 9.47 Å². The van der Waals surface area contributed by atoms with E-state index in [1.165, 1.54) is 51.0 Å². The lowest BCUT2D eigenvalue weighted by molar-refractivity contribution is -0.132. The fourth-order valence-corrected chi connectivity index (χ4v) is 5.39. The number of rotatable bonds is 11. The average Bonchev–Trinajstić information content (AvgIpc) is 2.88. The van der Waals surface area contributed by atoms with Crippen LogP contribution in [0.2, 0.25) is 0 Å². The van der Waals surface area contributed by atoms with E-state index in [2.05, 4.69) is 14.8 Å². The molecule has 0 atom stereocenters. The van der Waals surface area contributed by atoms with Crippen LogP contribution in [0.25, 0.3) is 10.9 Å². The van der Waals surface area contributed by atoms with Crippen LogP contribution in [0.4, 0.5) is 0 Å². The molecule has 0 spiro atoms. The number of nitrogens with one attached hydrogen (secondary N) is 1. The van der Waals surface area contributed by atoms with Crippen molar-refractivity contribution < 1.29 is 14.3 Å². The van der Waals surface area contributed by atoms with E-state index in [-0.39, 0.29) is 5.56 Å². The predicted molar refractivity (Wildman–Crippen MR) is 144 cm³/mol. The average molecular weight is 498 g/mol. The highest BCUT2D eigenvalue weighted by Gasteiger charge is 2.21. The number of H-pyrrole nitrogens is 1. The maximum Gasteiger partial charge on any atom is 0.248 e. The second-order valence-electron chi connectivity index (χ2n) is 10.4. The van der Waals surface area contributed by atoms with Crippen molar-refractivity contribution in [1.82, 2.24) is 14.8 Å². The van der Waals surface area contributed by atoms with Crippen LogP contribution in [-0.2, 0) is 9.53 Å². The SMILES string of the molecule is O=C(CCCCOc1ccc2[nH]c(=O)ccc2c1)N(CCN1CCOCC1)CC1CCCCCCC1. The monoisotopic (exact) mass is 497 g/mol. The van der Waals surface area contributed by atoms with Crippen LogP contribution in [0, 0.1) is 5.92 Å². The molecule has 1 aromatic heterocycles. The summed E-state index contributed by atoms with van der Waals surface area (Å²) in [6.45, 7) is 6.79. The van der Waals surface area contributed by atoms with E-state index >= 15 is 0 Å². The Bertz CT molecular complexity index is 993. The van der Waals surface area contributed by atoms with Crippen molar-refractivity contribution in [2.24, 2.45) is 5.92 Å². The molecule has 2 aromatic rings. The summed E-state index contributed by atoms with van der Waals surface area (Å²) in [6, 6.07) is 9.03. The highest BCUT2D eigenvalue weighted by atomic mass is 16.5. The Morgan fingerprint density at radius 1 is 1.03 bits per heavy atom. The molecule has 0 bridgehead atoms. The summed E-state index contributed by atoms with van der Waals surface area (Å²) in [7, 11) is 0. The van der Waals surface area contributed by atoms with Gasteiger partial charge in [-0.3, -0.25) is 14.5 Å². The van der Waals surface area contributed by atoms with E-state index < -0.39 is 0 Å². The molecular weight excluding hydrogens is 454 g/mol. The molecule has 1 saturated carbocycles. The van der Waals surface area contributed by atoms with Crippen LogP contribution in [0.5, 0.6) is 5.75 Å². The largest absolute Gasteiger partial charge is 0.494 e. The molecule has 1 saturated heterocycles. The number of benzene rings is 1. The molecule has 7 nitrogen and oxygen atoms in total. The van der Waals surface area contributed by atoms with Crippen LogP contribution in [0.3, 0.4) is 0 Å². The maximum absolute atomic E-state index is 13.3. The molecule has 2 fully saturated rings. The molecule has 4 rings (SSSR count). The number of carbonyl (C=O) groups excluding carboxylic acids is 1. The van der Waals surface area contributed by atoms with Crippen molar-refractivity contribution in [3.05, 3.63) is 40.7 Å². The first-order chi connectivity index (χ1) is 17.7. The maximum atomic E-state index is 13.3. The van der Waals surface area contributed by atoms with Gasteiger partial charge in [-0.15, -0.1) is 0 Å². The van der Waals surface area contributed by atoms with E-state index in [0.29, 0.717) is 24.9 Å². The standard InChI is InChI=1S/C29H43N3O4/c33-28-14-11-25-22-26(12-13-27(25)30-28)36-19-7-6-10-29(34)32(16-15-31-17-20-35-21-18-31)23-24-8-4-2-1-3-5-9-24/h11-14,22,24H,1-10,15-21,23H2,(H,30,33). The molecular formula is C29H43N3O4. The van der Waals surface area contributed by atoms with Crippen LogP contribution in [-0.4, -0.2) is 73.2 Å². The lowest BCUT2D eigenvalue weighted by Gasteiger charge is -2.32. The van der Waals surface area contributed by atoms with Gasteiger partial charge in [0.25, 0.3) is 0 Å². The third-order valence-corrected chi connectivity index (χ3v) is 7.59. The number of nitrogens with zero attached hydrogens (tertiary/aromatic N) is 2. The Morgan fingerprint density at radius 2 is 1.81 bits per heavy atom. The van der Waals surface area contributed by atoms with Gasteiger partial charge in [-0.2, -0.15) is 0 Å². The summed E-state index contributed by atoms with van der Waals surface area (Å²) < 4.78 is 11.4. The molecule has 2 heterocycles. The summed E-state index contributed by atoms with van der Waals surface area (Å²) in [6.07, 6.45) is 11.4. The van der Waals surface area contributed by atoms with Crippen LogP contribution in [0.1, 0.15) is 64.2 Å². The van der Waals surface area contributed by atoms with Crippen LogP contribution < -0.4 is 10.3 Å². The zero-order valence-electron chi connectivity index (χ0n) is 21.7. The lowest BCUT2D eigenvalue weighted by Crippen LogP contribution is -2.44. The number of morpholine rings is 1. The Hall–Kier alpha value is -2.38. The minimum absolute atomic E-state index is 0.102. The van der Waals surface area contributed by atoms with Gasteiger partial charge in [0.1, 0.15) is 5.75 Å². The summed E-state index contributed by atoms with van der Waals surface area (Å²) in [5.74, 6) is 1.72. The topological polar surface area (TPSA) is 74.9 Å². The van der Waals surface area contributed by atoms with Crippen molar-refractivity contribution in [2.75, 3.05) is 52.5 Å². The molecule has 1 N–H and O–H groups in total. The molecule has 0 unspecified atom stereocenters. The fourth-order valence-electron chi connectivity index (χ4n) is 5.39. The number of hydrogen-bond acceptors (Lipinski definition) is 5. The molecule has 0 radical (unpaired) electrons. The molecule has 198 valence electrons. The van der Waals surface area contributed by atoms with Crippen molar-refractivity contribution in [3.63, 3.8) is 0 Å². The van der Waals surface area contributed by atoms with Crippen LogP contribution >= 0.6 is 0 Å². The second-order valence-corrected chi connectivity index (χ2v) is 10.4. The Kier molecular flexibility index (Phi) is 10.7. The summed E-state index contributed by atoms with van der Waals surface area (Å²) in [4.78, 5) is 32.1. The predicted octanol–water partition coefficient (Wildman–Crippen LogP) is 4.60. The molecule has 1 amide bonds. The Morgan fingerprint density at radius 3 is 2.61 bits per heavy atom. The van der Waals surface area contributed by atoms with Crippen LogP contribution in [0.15, 0.2) is 35.1 Å². The highest BCUT2D eigenvalue weighted by molar-refractivity contribution is 5.79. The minimum Gasteiger partial charge on any atom is -0.494 e. The zero-order chi connectivity index (χ0) is 25.0. The quantitative estimate of drug-likeness (QED) is 0.459.